The van der Waals surface area contributed by atoms with Gasteiger partial charge in [-0.2, -0.15) is 0 Å². The van der Waals surface area contributed by atoms with Crippen LogP contribution in [0.15, 0.2) is 18.3 Å². The lowest BCUT2D eigenvalue weighted by Gasteiger charge is -2.08. The molecule has 1 heterocycles. The minimum atomic E-state index is -1.09. The summed E-state index contributed by atoms with van der Waals surface area (Å²) in [5, 5.41) is 10.9. The van der Waals surface area contributed by atoms with Crippen molar-refractivity contribution in [3.8, 4) is 5.88 Å². The van der Waals surface area contributed by atoms with Gasteiger partial charge < -0.3 is 15.2 Å². The second-order valence-electron chi connectivity index (χ2n) is 3.12. The van der Waals surface area contributed by atoms with Gasteiger partial charge in [0.05, 0.1) is 12.7 Å². The number of methoxy groups -OCH3 is 1. The first-order valence-corrected chi connectivity index (χ1v) is 4.58. The Labute approximate surface area is 92.3 Å². The SMILES string of the molecule is COc1ccc(C(=O)NC(C)C(=O)O)cn1. The van der Waals surface area contributed by atoms with Crippen molar-refractivity contribution >= 4 is 11.9 Å². The third kappa shape index (κ3) is 2.94. The van der Waals surface area contributed by atoms with Crippen LogP contribution in [0.1, 0.15) is 17.3 Å². The third-order valence-electron chi connectivity index (χ3n) is 1.93. The van der Waals surface area contributed by atoms with Crippen molar-refractivity contribution in [2.75, 3.05) is 7.11 Å². The molecule has 6 nitrogen and oxygen atoms in total. The molecule has 86 valence electrons. The standard InChI is InChI=1S/C10H12N2O4/c1-6(10(14)15)12-9(13)7-3-4-8(16-2)11-5-7/h3-6H,1-2H3,(H,12,13)(H,14,15). The van der Waals surface area contributed by atoms with E-state index in [9.17, 15) is 9.59 Å². The zero-order valence-corrected chi connectivity index (χ0v) is 8.93. The highest BCUT2D eigenvalue weighted by Crippen LogP contribution is 2.06. The zero-order chi connectivity index (χ0) is 12.1. The van der Waals surface area contributed by atoms with Gasteiger partial charge in [-0.25, -0.2) is 4.98 Å². The summed E-state index contributed by atoms with van der Waals surface area (Å²) in [6, 6.07) is 2.10. The molecule has 0 aliphatic carbocycles. The molecule has 1 unspecified atom stereocenters. The molecule has 0 spiro atoms. The molecule has 0 fully saturated rings. The number of carbonyl (C=O) groups is 2. The number of amides is 1. The molecule has 0 radical (unpaired) electrons. The van der Waals surface area contributed by atoms with Crippen LogP contribution in [-0.4, -0.2) is 35.1 Å². The monoisotopic (exact) mass is 224 g/mol. The number of ether oxygens (including phenoxy) is 1. The number of carboxylic acid groups (broad SMARTS) is 1. The number of nitrogens with one attached hydrogen (secondary N) is 1. The number of nitrogens with zero attached hydrogens (tertiary/aromatic N) is 1. The van der Waals surface area contributed by atoms with E-state index in [-0.39, 0.29) is 5.56 Å². The number of rotatable bonds is 4. The first kappa shape index (κ1) is 12.0. The summed E-state index contributed by atoms with van der Waals surface area (Å²) in [6.45, 7) is 1.39. The van der Waals surface area contributed by atoms with Gasteiger partial charge in [0, 0.05) is 12.3 Å². The molecule has 1 atom stereocenters. The molecule has 6 heteroatoms. The lowest BCUT2D eigenvalue weighted by molar-refractivity contribution is -0.138. The second kappa shape index (κ2) is 5.11. The van der Waals surface area contributed by atoms with Crippen molar-refractivity contribution in [1.29, 1.82) is 0 Å². The number of aromatic nitrogens is 1. The zero-order valence-electron chi connectivity index (χ0n) is 8.93. The molecule has 2 N–H and O–H groups in total. The van der Waals surface area contributed by atoms with Crippen molar-refractivity contribution in [3.63, 3.8) is 0 Å². The maximum atomic E-state index is 11.5. The fraction of sp³-hybridized carbons (Fsp3) is 0.300. The summed E-state index contributed by atoms with van der Waals surface area (Å²) in [6.07, 6.45) is 1.32. The van der Waals surface area contributed by atoms with Crippen LogP contribution in [0.2, 0.25) is 0 Å². The molecule has 1 aromatic heterocycles. The lowest BCUT2D eigenvalue weighted by Crippen LogP contribution is -2.38. The Balaban J connectivity index is 2.69. The summed E-state index contributed by atoms with van der Waals surface area (Å²) in [5.41, 5.74) is 0.286. The smallest absolute Gasteiger partial charge is 0.325 e. The molecular weight excluding hydrogens is 212 g/mol. The second-order valence-corrected chi connectivity index (χ2v) is 3.12. The number of pyridine rings is 1. The van der Waals surface area contributed by atoms with Crippen molar-refractivity contribution in [2.24, 2.45) is 0 Å². The predicted octanol–water partition coefficient (Wildman–Crippen LogP) is 0.293. The number of carboxylic acids is 1. The summed E-state index contributed by atoms with van der Waals surface area (Å²) >= 11 is 0. The van der Waals surface area contributed by atoms with Crippen LogP contribution in [-0.2, 0) is 4.79 Å². The van der Waals surface area contributed by atoms with Crippen LogP contribution in [0.4, 0.5) is 0 Å². The summed E-state index contributed by atoms with van der Waals surface area (Å²) in [5.74, 6) is -1.18. The van der Waals surface area contributed by atoms with Gasteiger partial charge in [-0.15, -0.1) is 0 Å². The molecular formula is C10H12N2O4. The maximum Gasteiger partial charge on any atom is 0.325 e. The quantitative estimate of drug-likeness (QED) is 0.767. The van der Waals surface area contributed by atoms with Gasteiger partial charge in [-0.1, -0.05) is 0 Å². The Morgan fingerprint density at radius 3 is 2.62 bits per heavy atom. The van der Waals surface area contributed by atoms with E-state index in [1.54, 1.807) is 0 Å². The Kier molecular flexibility index (Phi) is 3.82. The topological polar surface area (TPSA) is 88.5 Å². The molecule has 1 amide bonds. The van der Waals surface area contributed by atoms with Gasteiger partial charge in [0.15, 0.2) is 0 Å². The van der Waals surface area contributed by atoms with Crippen molar-refractivity contribution < 1.29 is 19.4 Å². The van der Waals surface area contributed by atoms with Crippen LogP contribution < -0.4 is 10.1 Å². The average molecular weight is 224 g/mol. The Bertz CT molecular complexity index is 388. The predicted molar refractivity (Wildman–Crippen MR) is 55.4 cm³/mol. The van der Waals surface area contributed by atoms with E-state index in [2.05, 4.69) is 10.3 Å². The van der Waals surface area contributed by atoms with E-state index < -0.39 is 17.9 Å². The van der Waals surface area contributed by atoms with Crippen LogP contribution >= 0.6 is 0 Å². The summed E-state index contributed by atoms with van der Waals surface area (Å²) < 4.78 is 4.83. The van der Waals surface area contributed by atoms with Crippen LogP contribution in [0.3, 0.4) is 0 Å². The Hall–Kier alpha value is -2.11. The molecule has 0 aliphatic rings. The van der Waals surface area contributed by atoms with E-state index in [4.69, 9.17) is 9.84 Å². The molecule has 0 saturated heterocycles. The number of hydrogen-bond donors (Lipinski definition) is 2. The fourth-order valence-corrected chi connectivity index (χ4v) is 0.977. The number of aliphatic carboxylic acids is 1. The first-order valence-electron chi connectivity index (χ1n) is 4.58. The average Bonchev–Trinajstić information content (AvgIpc) is 2.28. The Morgan fingerprint density at radius 1 is 1.50 bits per heavy atom. The van der Waals surface area contributed by atoms with Crippen molar-refractivity contribution in [2.45, 2.75) is 13.0 Å². The van der Waals surface area contributed by atoms with Crippen molar-refractivity contribution in [3.05, 3.63) is 23.9 Å². The highest BCUT2D eigenvalue weighted by molar-refractivity contribution is 5.96. The van der Waals surface area contributed by atoms with Gasteiger partial charge >= 0.3 is 5.97 Å². The largest absolute Gasteiger partial charge is 0.481 e. The molecule has 16 heavy (non-hydrogen) atoms. The number of hydrogen-bond acceptors (Lipinski definition) is 4. The first-order chi connectivity index (χ1) is 7.54. The highest BCUT2D eigenvalue weighted by Gasteiger charge is 2.15. The van der Waals surface area contributed by atoms with E-state index in [1.807, 2.05) is 0 Å². The fourth-order valence-electron chi connectivity index (χ4n) is 0.977. The van der Waals surface area contributed by atoms with E-state index >= 15 is 0 Å². The van der Waals surface area contributed by atoms with Crippen LogP contribution in [0.5, 0.6) is 5.88 Å². The molecule has 1 rings (SSSR count). The minimum absolute atomic E-state index is 0.286. The van der Waals surface area contributed by atoms with E-state index in [0.29, 0.717) is 5.88 Å². The normalized spacial score (nSPS) is 11.6. The highest BCUT2D eigenvalue weighted by atomic mass is 16.5. The Morgan fingerprint density at radius 2 is 2.19 bits per heavy atom. The molecule has 0 aliphatic heterocycles. The third-order valence-corrected chi connectivity index (χ3v) is 1.93. The van der Waals surface area contributed by atoms with E-state index in [1.165, 1.54) is 32.4 Å². The maximum absolute atomic E-state index is 11.5. The lowest BCUT2D eigenvalue weighted by atomic mass is 10.2. The van der Waals surface area contributed by atoms with E-state index in [0.717, 1.165) is 0 Å². The van der Waals surface area contributed by atoms with Gasteiger partial charge in [0.1, 0.15) is 6.04 Å². The van der Waals surface area contributed by atoms with Gasteiger partial charge in [0.25, 0.3) is 5.91 Å². The molecule has 0 aromatic carbocycles. The van der Waals surface area contributed by atoms with Crippen molar-refractivity contribution in [1.82, 2.24) is 10.3 Å². The van der Waals surface area contributed by atoms with Gasteiger partial charge in [0.2, 0.25) is 5.88 Å². The molecule has 0 saturated carbocycles. The minimum Gasteiger partial charge on any atom is -0.481 e. The van der Waals surface area contributed by atoms with Crippen LogP contribution in [0.25, 0.3) is 0 Å². The summed E-state index contributed by atoms with van der Waals surface area (Å²) in [4.78, 5) is 25.9. The van der Waals surface area contributed by atoms with Crippen LogP contribution in [0, 0.1) is 0 Å². The number of carbonyl (C=O) groups excluding carboxylic acids is 1. The van der Waals surface area contributed by atoms with Gasteiger partial charge in [-0.3, -0.25) is 9.59 Å². The molecule has 1 aromatic rings. The molecule has 0 bridgehead atoms. The summed E-state index contributed by atoms with van der Waals surface area (Å²) in [7, 11) is 1.47. The van der Waals surface area contributed by atoms with Gasteiger partial charge in [-0.05, 0) is 13.0 Å².